The predicted octanol–water partition coefficient (Wildman–Crippen LogP) is 1.83. The summed E-state index contributed by atoms with van der Waals surface area (Å²) in [6.45, 7) is 1.75. The maximum atomic E-state index is 13.4. The van der Waals surface area contributed by atoms with Gasteiger partial charge in [-0.1, -0.05) is 0 Å². The van der Waals surface area contributed by atoms with E-state index in [1.54, 1.807) is 13.0 Å². The van der Waals surface area contributed by atoms with E-state index in [-0.39, 0.29) is 17.1 Å². The third kappa shape index (κ3) is 2.29. The molecule has 0 radical (unpaired) electrons. The Morgan fingerprint density at radius 2 is 2.06 bits per heavy atom. The summed E-state index contributed by atoms with van der Waals surface area (Å²) in [5.41, 5.74) is 5.39. The van der Waals surface area contributed by atoms with Gasteiger partial charge in [-0.05, 0) is 13.0 Å². The normalized spacial score (nSPS) is 10.4. The number of H-pyrrole nitrogens is 1. The standard InChI is InChI=1S/C11H10F2N4O/c1-5-2-10(17-16-5)15-11(18)6-3-9(14)8(13)4-7(6)12/h2-4H,14H2,1H3,(H2,15,16,17,18). The molecule has 0 saturated carbocycles. The molecule has 0 bridgehead atoms. The zero-order chi connectivity index (χ0) is 13.3. The van der Waals surface area contributed by atoms with Crippen LogP contribution in [0, 0.1) is 18.6 Å². The number of anilines is 2. The summed E-state index contributed by atoms with van der Waals surface area (Å²) in [6.07, 6.45) is 0. The van der Waals surface area contributed by atoms with Gasteiger partial charge in [0.05, 0.1) is 11.3 Å². The molecule has 1 amide bonds. The van der Waals surface area contributed by atoms with Crippen molar-refractivity contribution in [3.63, 3.8) is 0 Å². The lowest BCUT2D eigenvalue weighted by atomic mass is 10.1. The molecule has 1 heterocycles. The molecule has 4 N–H and O–H groups in total. The van der Waals surface area contributed by atoms with Crippen LogP contribution in [0.3, 0.4) is 0 Å². The van der Waals surface area contributed by atoms with Gasteiger partial charge in [0.2, 0.25) is 0 Å². The summed E-state index contributed by atoms with van der Waals surface area (Å²) in [5.74, 6) is -2.38. The summed E-state index contributed by atoms with van der Waals surface area (Å²) >= 11 is 0. The molecule has 94 valence electrons. The number of nitrogens with one attached hydrogen (secondary N) is 2. The highest BCUT2D eigenvalue weighted by Gasteiger charge is 2.15. The lowest BCUT2D eigenvalue weighted by Crippen LogP contribution is -2.15. The molecule has 2 aromatic rings. The van der Waals surface area contributed by atoms with Crippen LogP contribution in [-0.2, 0) is 0 Å². The number of aromatic nitrogens is 2. The second kappa shape index (κ2) is 4.44. The molecule has 0 aliphatic rings. The maximum absolute atomic E-state index is 13.4. The van der Waals surface area contributed by atoms with Gasteiger partial charge in [0.25, 0.3) is 5.91 Å². The Morgan fingerprint density at radius 1 is 1.33 bits per heavy atom. The molecular formula is C11H10F2N4O. The quantitative estimate of drug-likeness (QED) is 0.713. The Labute approximate surface area is 101 Å². The highest BCUT2D eigenvalue weighted by Crippen LogP contribution is 2.17. The summed E-state index contributed by atoms with van der Waals surface area (Å²) < 4.78 is 26.3. The number of rotatable bonds is 2. The number of nitrogen functional groups attached to an aromatic ring is 1. The van der Waals surface area contributed by atoms with Crippen molar-refractivity contribution in [3.05, 3.63) is 41.1 Å². The van der Waals surface area contributed by atoms with Crippen LogP contribution in [0.1, 0.15) is 16.1 Å². The van der Waals surface area contributed by atoms with Crippen molar-refractivity contribution >= 4 is 17.4 Å². The van der Waals surface area contributed by atoms with Gasteiger partial charge in [0, 0.05) is 17.8 Å². The number of nitrogens with two attached hydrogens (primary N) is 1. The fourth-order valence-electron chi connectivity index (χ4n) is 1.41. The SMILES string of the molecule is Cc1cc(NC(=O)c2cc(N)c(F)cc2F)n[nH]1. The van der Waals surface area contributed by atoms with Crippen LogP contribution in [0.4, 0.5) is 20.3 Å². The van der Waals surface area contributed by atoms with Gasteiger partial charge >= 0.3 is 0 Å². The van der Waals surface area contributed by atoms with Crippen LogP contribution in [-0.4, -0.2) is 16.1 Å². The number of aryl methyl sites for hydroxylation is 1. The minimum Gasteiger partial charge on any atom is -0.396 e. The van der Waals surface area contributed by atoms with Crippen molar-refractivity contribution in [2.75, 3.05) is 11.1 Å². The summed E-state index contributed by atoms with van der Waals surface area (Å²) in [5, 5.41) is 8.75. The van der Waals surface area contributed by atoms with Gasteiger partial charge in [0.15, 0.2) is 5.82 Å². The number of benzene rings is 1. The van der Waals surface area contributed by atoms with E-state index in [4.69, 9.17) is 5.73 Å². The molecule has 5 nitrogen and oxygen atoms in total. The smallest absolute Gasteiger partial charge is 0.259 e. The highest BCUT2D eigenvalue weighted by molar-refractivity contribution is 6.04. The number of hydrogen-bond acceptors (Lipinski definition) is 3. The number of nitrogens with zero attached hydrogens (tertiary/aromatic N) is 1. The molecule has 0 saturated heterocycles. The molecule has 0 unspecified atom stereocenters. The van der Waals surface area contributed by atoms with Crippen LogP contribution < -0.4 is 11.1 Å². The first-order chi connectivity index (χ1) is 8.47. The number of halogens is 2. The van der Waals surface area contributed by atoms with E-state index in [9.17, 15) is 13.6 Å². The number of carbonyl (C=O) groups is 1. The topological polar surface area (TPSA) is 83.8 Å². The summed E-state index contributed by atoms with van der Waals surface area (Å²) in [6, 6.07) is 3.09. The van der Waals surface area contributed by atoms with Crippen LogP contribution in [0.15, 0.2) is 18.2 Å². The number of aromatic amines is 1. The van der Waals surface area contributed by atoms with Gasteiger partial charge in [0.1, 0.15) is 11.6 Å². The molecule has 0 atom stereocenters. The monoisotopic (exact) mass is 252 g/mol. The molecule has 0 fully saturated rings. The van der Waals surface area contributed by atoms with Gasteiger partial charge in [-0.15, -0.1) is 0 Å². The largest absolute Gasteiger partial charge is 0.396 e. The summed E-state index contributed by atoms with van der Waals surface area (Å²) in [7, 11) is 0. The van der Waals surface area contributed by atoms with Crippen molar-refractivity contribution in [3.8, 4) is 0 Å². The molecule has 18 heavy (non-hydrogen) atoms. The molecule has 0 spiro atoms. The van der Waals surface area contributed by atoms with Crippen LogP contribution in [0.2, 0.25) is 0 Å². The molecule has 0 aliphatic carbocycles. The van der Waals surface area contributed by atoms with Crippen LogP contribution >= 0.6 is 0 Å². The Kier molecular flexibility index (Phi) is 2.97. The number of amides is 1. The van der Waals surface area contributed by atoms with Crippen molar-refractivity contribution < 1.29 is 13.6 Å². The Morgan fingerprint density at radius 3 is 2.67 bits per heavy atom. The Bertz CT molecular complexity index is 609. The molecule has 2 rings (SSSR count). The fourth-order valence-corrected chi connectivity index (χ4v) is 1.41. The van der Waals surface area contributed by atoms with Gasteiger partial charge < -0.3 is 11.1 Å². The fraction of sp³-hybridized carbons (Fsp3) is 0.0909. The van der Waals surface area contributed by atoms with E-state index in [0.717, 1.165) is 11.8 Å². The average Bonchev–Trinajstić information content (AvgIpc) is 2.69. The van der Waals surface area contributed by atoms with Gasteiger partial charge in [-0.2, -0.15) is 5.10 Å². The van der Waals surface area contributed by atoms with E-state index < -0.39 is 17.5 Å². The molecule has 7 heteroatoms. The van der Waals surface area contributed by atoms with Gasteiger partial charge in [-0.25, -0.2) is 8.78 Å². The van der Waals surface area contributed by atoms with E-state index in [1.165, 1.54) is 0 Å². The third-order valence-corrected chi connectivity index (χ3v) is 2.28. The van der Waals surface area contributed by atoms with Crippen molar-refractivity contribution in [2.45, 2.75) is 6.92 Å². The second-order valence-corrected chi connectivity index (χ2v) is 3.74. The first kappa shape index (κ1) is 12.0. The molecule has 1 aromatic heterocycles. The molecule has 1 aromatic carbocycles. The Balaban J connectivity index is 2.26. The number of carbonyl (C=O) groups excluding carboxylic acids is 1. The number of hydrogen-bond donors (Lipinski definition) is 3. The van der Waals surface area contributed by atoms with E-state index in [0.29, 0.717) is 6.07 Å². The maximum Gasteiger partial charge on any atom is 0.259 e. The lowest BCUT2D eigenvalue weighted by molar-refractivity contribution is 0.102. The lowest BCUT2D eigenvalue weighted by Gasteiger charge is -2.05. The summed E-state index contributed by atoms with van der Waals surface area (Å²) in [4.78, 5) is 11.7. The Hall–Kier alpha value is -2.44. The van der Waals surface area contributed by atoms with Crippen LogP contribution in [0.25, 0.3) is 0 Å². The highest BCUT2D eigenvalue weighted by atomic mass is 19.1. The second-order valence-electron chi connectivity index (χ2n) is 3.74. The predicted molar refractivity (Wildman–Crippen MR) is 62.0 cm³/mol. The zero-order valence-electron chi connectivity index (χ0n) is 9.42. The van der Waals surface area contributed by atoms with Crippen LogP contribution in [0.5, 0.6) is 0 Å². The third-order valence-electron chi connectivity index (χ3n) is 2.28. The zero-order valence-corrected chi connectivity index (χ0v) is 9.42. The van der Waals surface area contributed by atoms with Crippen molar-refractivity contribution in [2.24, 2.45) is 0 Å². The van der Waals surface area contributed by atoms with E-state index in [2.05, 4.69) is 15.5 Å². The van der Waals surface area contributed by atoms with Gasteiger partial charge in [-0.3, -0.25) is 9.89 Å². The minimum atomic E-state index is -0.980. The molecular weight excluding hydrogens is 242 g/mol. The molecule has 0 aliphatic heterocycles. The average molecular weight is 252 g/mol. The van der Waals surface area contributed by atoms with Crippen molar-refractivity contribution in [1.82, 2.24) is 10.2 Å². The van der Waals surface area contributed by atoms with Crippen molar-refractivity contribution in [1.29, 1.82) is 0 Å². The van der Waals surface area contributed by atoms with E-state index >= 15 is 0 Å². The first-order valence-electron chi connectivity index (χ1n) is 5.05. The minimum absolute atomic E-state index is 0.250. The first-order valence-corrected chi connectivity index (χ1v) is 5.05. The van der Waals surface area contributed by atoms with E-state index in [1.807, 2.05) is 0 Å².